The van der Waals surface area contributed by atoms with E-state index in [1.165, 1.54) is 0 Å². The third-order valence-electron chi connectivity index (χ3n) is 3.43. The second-order valence-corrected chi connectivity index (χ2v) is 4.63. The van der Waals surface area contributed by atoms with Crippen molar-refractivity contribution in [1.29, 1.82) is 0 Å². The summed E-state index contributed by atoms with van der Waals surface area (Å²) in [6.45, 7) is 0. The minimum atomic E-state index is -0.413. The highest BCUT2D eigenvalue weighted by Gasteiger charge is 2.23. The van der Waals surface area contributed by atoms with Gasteiger partial charge in [-0.1, -0.05) is 24.6 Å². The Morgan fingerprint density at radius 3 is 2.76 bits per heavy atom. The summed E-state index contributed by atoms with van der Waals surface area (Å²) in [5.41, 5.74) is 6.78. The average molecular weight is 231 g/mol. The van der Waals surface area contributed by atoms with Gasteiger partial charge in [-0.3, -0.25) is 9.59 Å². The molecule has 0 bridgehead atoms. The van der Waals surface area contributed by atoms with Crippen LogP contribution >= 0.6 is 0 Å². The van der Waals surface area contributed by atoms with E-state index in [1.54, 1.807) is 12.1 Å². The van der Waals surface area contributed by atoms with Crippen LogP contribution < -0.4 is 5.73 Å². The SMILES string of the molecule is NC(=O)c1ccccc1CC1CCCCC1=O. The first-order valence-electron chi connectivity index (χ1n) is 6.09. The molecule has 2 N–H and O–H groups in total. The molecule has 3 nitrogen and oxygen atoms in total. The molecule has 0 heterocycles. The van der Waals surface area contributed by atoms with Crippen molar-refractivity contribution >= 4 is 11.7 Å². The second kappa shape index (κ2) is 5.13. The number of amides is 1. The summed E-state index contributed by atoms with van der Waals surface area (Å²) in [5.74, 6) is -0.0105. The fourth-order valence-corrected chi connectivity index (χ4v) is 2.48. The molecule has 1 aliphatic rings. The van der Waals surface area contributed by atoms with Crippen molar-refractivity contribution in [3.63, 3.8) is 0 Å². The van der Waals surface area contributed by atoms with Crippen LogP contribution in [0.2, 0.25) is 0 Å². The van der Waals surface area contributed by atoms with Gasteiger partial charge in [-0.2, -0.15) is 0 Å². The van der Waals surface area contributed by atoms with Crippen LogP contribution in [0.1, 0.15) is 41.6 Å². The fraction of sp³-hybridized carbons (Fsp3) is 0.429. The standard InChI is InChI=1S/C14H17NO2/c15-14(17)12-7-3-1-5-10(12)9-11-6-2-4-8-13(11)16/h1,3,5,7,11H,2,4,6,8-9H2,(H2,15,17). The van der Waals surface area contributed by atoms with Crippen molar-refractivity contribution in [3.05, 3.63) is 35.4 Å². The Bertz CT molecular complexity index is 440. The van der Waals surface area contributed by atoms with Crippen LogP contribution in [0, 0.1) is 5.92 Å². The number of hydrogen-bond donors (Lipinski definition) is 1. The highest BCUT2D eigenvalue weighted by atomic mass is 16.1. The van der Waals surface area contributed by atoms with E-state index in [9.17, 15) is 9.59 Å². The molecule has 2 rings (SSSR count). The zero-order valence-corrected chi connectivity index (χ0v) is 9.82. The molecule has 1 aliphatic carbocycles. The molecule has 1 atom stereocenters. The van der Waals surface area contributed by atoms with Gasteiger partial charge in [0.1, 0.15) is 5.78 Å². The smallest absolute Gasteiger partial charge is 0.248 e. The maximum atomic E-state index is 11.8. The van der Waals surface area contributed by atoms with Crippen molar-refractivity contribution in [2.24, 2.45) is 11.7 Å². The van der Waals surface area contributed by atoms with Gasteiger partial charge >= 0.3 is 0 Å². The Labute approximate surface area is 101 Å². The van der Waals surface area contributed by atoms with Gasteiger partial charge in [0.05, 0.1) is 0 Å². The quantitative estimate of drug-likeness (QED) is 0.865. The average Bonchev–Trinajstić information content (AvgIpc) is 2.32. The van der Waals surface area contributed by atoms with Gasteiger partial charge in [-0.05, 0) is 30.9 Å². The van der Waals surface area contributed by atoms with Crippen LogP contribution in [0.15, 0.2) is 24.3 Å². The monoisotopic (exact) mass is 231 g/mol. The molecule has 1 aromatic rings. The van der Waals surface area contributed by atoms with Crippen LogP contribution in [0.4, 0.5) is 0 Å². The zero-order chi connectivity index (χ0) is 12.3. The van der Waals surface area contributed by atoms with Crippen molar-refractivity contribution in [3.8, 4) is 0 Å². The number of Topliss-reactive ketones (excluding diaryl/α,β-unsaturated/α-hetero) is 1. The minimum Gasteiger partial charge on any atom is -0.366 e. The largest absolute Gasteiger partial charge is 0.366 e. The number of hydrogen-bond acceptors (Lipinski definition) is 2. The lowest BCUT2D eigenvalue weighted by atomic mass is 9.83. The predicted molar refractivity (Wildman–Crippen MR) is 65.6 cm³/mol. The third kappa shape index (κ3) is 2.73. The van der Waals surface area contributed by atoms with Crippen molar-refractivity contribution in [1.82, 2.24) is 0 Å². The number of primary amides is 1. The molecular formula is C14H17NO2. The van der Waals surface area contributed by atoms with E-state index in [0.717, 1.165) is 24.8 Å². The molecule has 0 aliphatic heterocycles. The van der Waals surface area contributed by atoms with Crippen LogP contribution in [0.3, 0.4) is 0 Å². The minimum absolute atomic E-state index is 0.0734. The lowest BCUT2D eigenvalue weighted by Crippen LogP contribution is -2.23. The van der Waals surface area contributed by atoms with E-state index < -0.39 is 5.91 Å². The summed E-state index contributed by atoms with van der Waals surface area (Å²) in [6.07, 6.45) is 4.38. The zero-order valence-electron chi connectivity index (χ0n) is 9.82. The molecule has 1 unspecified atom stereocenters. The first-order chi connectivity index (χ1) is 8.18. The molecule has 17 heavy (non-hydrogen) atoms. The molecule has 0 saturated heterocycles. The lowest BCUT2D eigenvalue weighted by Gasteiger charge is -2.21. The Morgan fingerprint density at radius 1 is 1.29 bits per heavy atom. The third-order valence-corrected chi connectivity index (χ3v) is 3.43. The van der Waals surface area contributed by atoms with Gasteiger partial charge in [-0.25, -0.2) is 0 Å². The summed E-state index contributed by atoms with van der Waals surface area (Å²) < 4.78 is 0. The summed E-state index contributed by atoms with van der Waals surface area (Å²) in [4.78, 5) is 23.0. The highest BCUT2D eigenvalue weighted by Crippen LogP contribution is 2.25. The number of rotatable bonds is 3. The summed E-state index contributed by atoms with van der Waals surface area (Å²) in [5, 5.41) is 0. The summed E-state index contributed by atoms with van der Waals surface area (Å²) >= 11 is 0. The molecule has 90 valence electrons. The topological polar surface area (TPSA) is 60.2 Å². The molecule has 1 amide bonds. The van der Waals surface area contributed by atoms with Crippen LogP contribution in [-0.2, 0) is 11.2 Å². The first-order valence-corrected chi connectivity index (χ1v) is 6.09. The molecule has 0 aromatic heterocycles. The fourth-order valence-electron chi connectivity index (χ4n) is 2.48. The van der Waals surface area contributed by atoms with E-state index in [-0.39, 0.29) is 5.92 Å². The van der Waals surface area contributed by atoms with Gasteiger partial charge in [0, 0.05) is 17.9 Å². The molecule has 1 fully saturated rings. The van der Waals surface area contributed by atoms with Crippen molar-refractivity contribution in [2.45, 2.75) is 32.1 Å². The van der Waals surface area contributed by atoms with Crippen LogP contribution in [0.5, 0.6) is 0 Å². The van der Waals surface area contributed by atoms with Gasteiger partial charge in [0.25, 0.3) is 0 Å². The van der Waals surface area contributed by atoms with E-state index >= 15 is 0 Å². The molecule has 3 heteroatoms. The van der Waals surface area contributed by atoms with Crippen LogP contribution in [0.25, 0.3) is 0 Å². The molecule has 0 spiro atoms. The first kappa shape index (κ1) is 11.8. The van der Waals surface area contributed by atoms with Crippen LogP contribution in [-0.4, -0.2) is 11.7 Å². The Balaban J connectivity index is 2.17. The molecular weight excluding hydrogens is 214 g/mol. The van der Waals surface area contributed by atoms with Gasteiger partial charge in [0.2, 0.25) is 5.91 Å². The van der Waals surface area contributed by atoms with E-state index in [2.05, 4.69) is 0 Å². The molecule has 0 radical (unpaired) electrons. The summed E-state index contributed by atoms with van der Waals surface area (Å²) in [7, 11) is 0. The normalized spacial score (nSPS) is 20.2. The maximum absolute atomic E-state index is 11.8. The molecule has 1 aromatic carbocycles. The number of carbonyl (C=O) groups is 2. The van der Waals surface area contributed by atoms with Crippen molar-refractivity contribution < 1.29 is 9.59 Å². The van der Waals surface area contributed by atoms with Gasteiger partial charge < -0.3 is 5.73 Å². The van der Waals surface area contributed by atoms with Crippen molar-refractivity contribution in [2.75, 3.05) is 0 Å². The maximum Gasteiger partial charge on any atom is 0.248 e. The number of benzene rings is 1. The van der Waals surface area contributed by atoms with E-state index in [1.807, 2.05) is 12.1 Å². The molecule has 1 saturated carbocycles. The van der Waals surface area contributed by atoms with E-state index in [0.29, 0.717) is 24.2 Å². The number of ketones is 1. The number of carbonyl (C=O) groups excluding carboxylic acids is 2. The second-order valence-electron chi connectivity index (χ2n) is 4.63. The van der Waals surface area contributed by atoms with Gasteiger partial charge in [0.15, 0.2) is 0 Å². The van der Waals surface area contributed by atoms with E-state index in [4.69, 9.17) is 5.73 Å². The summed E-state index contributed by atoms with van der Waals surface area (Å²) in [6, 6.07) is 7.30. The Kier molecular flexibility index (Phi) is 3.57. The Morgan fingerprint density at radius 2 is 2.06 bits per heavy atom. The Hall–Kier alpha value is -1.64. The predicted octanol–water partition coefficient (Wildman–Crippen LogP) is 2.09. The lowest BCUT2D eigenvalue weighted by molar-refractivity contribution is -0.124. The number of nitrogens with two attached hydrogens (primary N) is 1. The highest BCUT2D eigenvalue weighted by molar-refractivity contribution is 5.94. The van der Waals surface area contributed by atoms with Gasteiger partial charge in [-0.15, -0.1) is 0 Å².